The van der Waals surface area contributed by atoms with Crippen LogP contribution in [0.2, 0.25) is 0 Å². The van der Waals surface area contributed by atoms with Crippen LogP contribution in [-0.4, -0.2) is 37.9 Å². The summed E-state index contributed by atoms with van der Waals surface area (Å²) in [6.45, 7) is 5.22. The monoisotopic (exact) mass is 299 g/mol. The zero-order valence-electron chi connectivity index (χ0n) is 12.0. The maximum absolute atomic E-state index is 13.4. The van der Waals surface area contributed by atoms with Crippen molar-refractivity contribution in [2.45, 2.75) is 26.3 Å². The summed E-state index contributed by atoms with van der Waals surface area (Å²) in [5, 5.41) is 0. The van der Waals surface area contributed by atoms with E-state index >= 15 is 0 Å². The average Bonchev–Trinajstić information content (AvgIpc) is 2.78. The molecule has 0 amide bonds. The minimum Gasteiger partial charge on any atom is -0.295 e. The summed E-state index contributed by atoms with van der Waals surface area (Å²) in [6, 6.07) is 6.77. The molecule has 0 N–H and O–H groups in total. The van der Waals surface area contributed by atoms with Crippen molar-refractivity contribution in [1.29, 1.82) is 0 Å². The van der Waals surface area contributed by atoms with Crippen molar-refractivity contribution in [3.8, 4) is 0 Å². The van der Waals surface area contributed by atoms with Gasteiger partial charge in [0, 0.05) is 18.3 Å². The van der Waals surface area contributed by atoms with E-state index in [9.17, 15) is 12.8 Å². The zero-order valence-corrected chi connectivity index (χ0v) is 12.9. The quantitative estimate of drug-likeness (QED) is 0.839. The molecule has 0 saturated carbocycles. The van der Waals surface area contributed by atoms with E-state index in [0.717, 1.165) is 18.5 Å². The number of rotatable bonds is 5. The van der Waals surface area contributed by atoms with E-state index in [1.807, 2.05) is 6.07 Å². The number of hydrogen-bond acceptors (Lipinski definition) is 3. The molecule has 1 heterocycles. The molecule has 1 fully saturated rings. The topological polar surface area (TPSA) is 37.4 Å². The van der Waals surface area contributed by atoms with Gasteiger partial charge in [-0.25, -0.2) is 12.8 Å². The summed E-state index contributed by atoms with van der Waals surface area (Å²) in [5.41, 5.74) is 0.948. The van der Waals surface area contributed by atoms with Crippen LogP contribution in [0.1, 0.15) is 31.9 Å². The lowest BCUT2D eigenvalue weighted by Crippen LogP contribution is -2.30. The number of halogens is 1. The molecular weight excluding hydrogens is 277 g/mol. The highest BCUT2D eigenvalue weighted by molar-refractivity contribution is 7.91. The van der Waals surface area contributed by atoms with Crippen LogP contribution in [0.5, 0.6) is 0 Å². The van der Waals surface area contributed by atoms with E-state index in [0.29, 0.717) is 12.5 Å². The van der Waals surface area contributed by atoms with Crippen molar-refractivity contribution < 1.29 is 12.8 Å². The van der Waals surface area contributed by atoms with Crippen molar-refractivity contribution >= 4 is 9.84 Å². The summed E-state index contributed by atoms with van der Waals surface area (Å²) in [5.74, 6) is 0.548. The van der Waals surface area contributed by atoms with E-state index in [1.54, 1.807) is 19.1 Å². The van der Waals surface area contributed by atoms with Crippen LogP contribution in [0.25, 0.3) is 0 Å². The van der Waals surface area contributed by atoms with E-state index in [2.05, 4.69) is 11.8 Å². The smallest absolute Gasteiger partial charge is 0.151 e. The second kappa shape index (κ2) is 6.22. The van der Waals surface area contributed by atoms with Crippen LogP contribution in [0.15, 0.2) is 24.3 Å². The van der Waals surface area contributed by atoms with Crippen molar-refractivity contribution in [1.82, 2.24) is 4.90 Å². The number of hydrogen-bond donors (Lipinski definition) is 0. The fourth-order valence-electron chi connectivity index (χ4n) is 2.91. The van der Waals surface area contributed by atoms with Crippen molar-refractivity contribution in [3.63, 3.8) is 0 Å². The minimum atomic E-state index is -2.95. The second-order valence-corrected chi connectivity index (χ2v) is 8.01. The molecule has 112 valence electrons. The van der Waals surface area contributed by atoms with Crippen molar-refractivity contribution in [3.05, 3.63) is 35.6 Å². The summed E-state index contributed by atoms with van der Waals surface area (Å²) >= 11 is 0. The van der Waals surface area contributed by atoms with Gasteiger partial charge in [-0.1, -0.05) is 26.0 Å². The molecule has 2 rings (SSSR count). The van der Waals surface area contributed by atoms with Gasteiger partial charge in [-0.15, -0.1) is 0 Å². The van der Waals surface area contributed by atoms with Gasteiger partial charge in [0.1, 0.15) is 5.82 Å². The summed E-state index contributed by atoms with van der Waals surface area (Å²) in [6.07, 6.45) is 1.02. The number of sulfone groups is 1. The van der Waals surface area contributed by atoms with Crippen LogP contribution < -0.4 is 0 Å². The first-order chi connectivity index (χ1) is 9.43. The Kier molecular flexibility index (Phi) is 4.81. The van der Waals surface area contributed by atoms with E-state index < -0.39 is 9.84 Å². The van der Waals surface area contributed by atoms with Crippen LogP contribution >= 0.6 is 0 Å². The summed E-state index contributed by atoms with van der Waals surface area (Å²) in [7, 11) is -2.95. The Balaban J connectivity index is 2.13. The standard InChI is InChI=1S/C15H22FNO2S/c1-3-20(18,19)10-9-17-8-7-12(2)15(17)13-5-4-6-14(16)11-13/h4-6,11-12,15H,3,7-10H2,1-2H3/t12-,15+/m1/s1. The molecule has 0 aliphatic carbocycles. The van der Waals surface area contributed by atoms with E-state index in [1.165, 1.54) is 6.07 Å². The Morgan fingerprint density at radius 3 is 2.80 bits per heavy atom. The maximum Gasteiger partial charge on any atom is 0.151 e. The van der Waals surface area contributed by atoms with Gasteiger partial charge in [0.2, 0.25) is 0 Å². The van der Waals surface area contributed by atoms with Crippen LogP contribution in [0, 0.1) is 11.7 Å². The van der Waals surface area contributed by atoms with Crippen LogP contribution in [0.4, 0.5) is 4.39 Å². The van der Waals surface area contributed by atoms with Gasteiger partial charge in [0.15, 0.2) is 9.84 Å². The van der Waals surface area contributed by atoms with E-state index in [-0.39, 0.29) is 23.4 Å². The Morgan fingerprint density at radius 1 is 1.40 bits per heavy atom. The molecule has 0 radical (unpaired) electrons. The third-order valence-corrected chi connectivity index (χ3v) is 5.81. The molecule has 0 spiro atoms. The Morgan fingerprint density at radius 2 is 2.15 bits per heavy atom. The Labute approximate surface area is 120 Å². The molecule has 0 aromatic heterocycles. The number of nitrogens with zero attached hydrogens (tertiary/aromatic N) is 1. The molecule has 20 heavy (non-hydrogen) atoms. The predicted octanol–water partition coefficient (Wildman–Crippen LogP) is 2.64. The highest BCUT2D eigenvalue weighted by Crippen LogP contribution is 2.36. The summed E-state index contributed by atoms with van der Waals surface area (Å²) < 4.78 is 36.7. The molecule has 0 unspecified atom stereocenters. The number of benzene rings is 1. The molecule has 1 saturated heterocycles. The lowest BCUT2D eigenvalue weighted by atomic mass is 9.95. The molecule has 0 bridgehead atoms. The molecule has 3 nitrogen and oxygen atoms in total. The van der Waals surface area contributed by atoms with Gasteiger partial charge in [-0.05, 0) is 36.6 Å². The SMILES string of the molecule is CCS(=O)(=O)CCN1CC[C@@H](C)[C@H]1c1cccc(F)c1. The highest BCUT2D eigenvalue weighted by atomic mass is 32.2. The van der Waals surface area contributed by atoms with Gasteiger partial charge in [-0.3, -0.25) is 4.90 Å². The fraction of sp³-hybridized carbons (Fsp3) is 0.600. The van der Waals surface area contributed by atoms with Gasteiger partial charge >= 0.3 is 0 Å². The zero-order chi connectivity index (χ0) is 14.8. The summed E-state index contributed by atoms with van der Waals surface area (Å²) in [4.78, 5) is 2.17. The predicted molar refractivity (Wildman–Crippen MR) is 78.8 cm³/mol. The molecule has 5 heteroatoms. The fourth-order valence-corrected chi connectivity index (χ4v) is 3.71. The first-order valence-corrected chi connectivity index (χ1v) is 8.95. The third kappa shape index (κ3) is 3.58. The second-order valence-electron chi connectivity index (χ2n) is 5.54. The molecular formula is C15H22FNO2S. The largest absolute Gasteiger partial charge is 0.295 e. The average molecular weight is 299 g/mol. The van der Waals surface area contributed by atoms with Crippen molar-refractivity contribution in [2.24, 2.45) is 5.92 Å². The van der Waals surface area contributed by atoms with Gasteiger partial charge in [0.25, 0.3) is 0 Å². The molecule has 2 atom stereocenters. The Bertz CT molecular complexity index is 559. The van der Waals surface area contributed by atoms with Gasteiger partial charge < -0.3 is 0 Å². The minimum absolute atomic E-state index is 0.123. The van der Waals surface area contributed by atoms with Crippen LogP contribution in [-0.2, 0) is 9.84 Å². The normalized spacial score (nSPS) is 24.1. The molecule has 1 aliphatic heterocycles. The van der Waals surface area contributed by atoms with Gasteiger partial charge in [0.05, 0.1) is 5.75 Å². The molecule has 1 aromatic rings. The lowest BCUT2D eigenvalue weighted by molar-refractivity contribution is 0.246. The lowest BCUT2D eigenvalue weighted by Gasteiger charge is -2.27. The number of likely N-dealkylation sites (tertiary alicyclic amines) is 1. The highest BCUT2D eigenvalue weighted by Gasteiger charge is 2.32. The third-order valence-electron chi connectivity index (χ3n) is 4.12. The Hall–Kier alpha value is -0.940. The van der Waals surface area contributed by atoms with Crippen molar-refractivity contribution in [2.75, 3.05) is 24.6 Å². The first kappa shape index (κ1) is 15.4. The van der Waals surface area contributed by atoms with Gasteiger partial charge in [-0.2, -0.15) is 0 Å². The molecule has 1 aromatic carbocycles. The maximum atomic E-state index is 13.4. The first-order valence-electron chi connectivity index (χ1n) is 7.13. The van der Waals surface area contributed by atoms with Crippen LogP contribution in [0.3, 0.4) is 0 Å². The van der Waals surface area contributed by atoms with E-state index in [4.69, 9.17) is 0 Å². The molecule has 1 aliphatic rings.